The molecule has 0 aliphatic rings. The van der Waals surface area contributed by atoms with Crippen molar-refractivity contribution in [2.45, 2.75) is 39.7 Å². The Balaban J connectivity index is 1.61. The average Bonchev–Trinajstić information content (AvgIpc) is 3.29. The molecule has 160 valence electrons. The second-order valence-corrected chi connectivity index (χ2v) is 7.78. The molecule has 8 heteroatoms. The summed E-state index contributed by atoms with van der Waals surface area (Å²) in [4.78, 5) is 18.9. The van der Waals surface area contributed by atoms with E-state index in [2.05, 4.69) is 15.1 Å². The fraction of sp³-hybridized carbons (Fsp3) is 0.261. The highest BCUT2D eigenvalue weighted by Gasteiger charge is 2.18. The molecule has 0 fully saturated rings. The molecule has 0 bridgehead atoms. The van der Waals surface area contributed by atoms with E-state index in [1.165, 1.54) is 12.1 Å². The van der Waals surface area contributed by atoms with E-state index in [4.69, 9.17) is 11.6 Å². The number of nitrogens with zero attached hydrogens (tertiary/aromatic N) is 3. The molecule has 31 heavy (non-hydrogen) atoms. The van der Waals surface area contributed by atoms with Gasteiger partial charge in [0.15, 0.2) is 0 Å². The van der Waals surface area contributed by atoms with E-state index in [1.807, 2.05) is 42.8 Å². The molecule has 0 aliphatic heterocycles. The van der Waals surface area contributed by atoms with Gasteiger partial charge < -0.3 is 10.1 Å². The molecule has 0 saturated carbocycles. The first-order chi connectivity index (χ1) is 14.9. The zero-order valence-corrected chi connectivity index (χ0v) is 18.0. The van der Waals surface area contributed by atoms with Crippen LogP contribution in [0.4, 0.5) is 4.39 Å². The smallest absolute Gasteiger partial charge is 0.307 e. The molecule has 2 heterocycles. The summed E-state index contributed by atoms with van der Waals surface area (Å²) < 4.78 is 15.6. The highest BCUT2D eigenvalue weighted by molar-refractivity contribution is 6.31. The van der Waals surface area contributed by atoms with E-state index in [-0.39, 0.29) is 11.4 Å². The number of rotatable bonds is 7. The molecule has 4 aromatic rings. The second-order valence-electron chi connectivity index (χ2n) is 7.37. The standard InChI is InChI=1S/C23H22ClFN4O2/c1-3-18-15(9-22(30)31)21(4-2)29(28-18)12-13-5-7-14(8-6-13)23-26-19-10-16(24)17(25)11-20(19)27-23/h5-8,10-11H,3-4,9,12H2,1-2H3,(H,26,27)(H,30,31). The van der Waals surface area contributed by atoms with Crippen LogP contribution in [0.25, 0.3) is 22.4 Å². The molecule has 0 saturated heterocycles. The van der Waals surface area contributed by atoms with Crippen molar-refractivity contribution in [2.24, 2.45) is 0 Å². The summed E-state index contributed by atoms with van der Waals surface area (Å²) in [5.74, 6) is -0.701. The van der Waals surface area contributed by atoms with Gasteiger partial charge in [-0.1, -0.05) is 49.7 Å². The molecule has 2 aromatic heterocycles. The normalized spacial score (nSPS) is 11.4. The van der Waals surface area contributed by atoms with Crippen LogP contribution in [0.15, 0.2) is 36.4 Å². The van der Waals surface area contributed by atoms with Crippen LogP contribution in [-0.2, 0) is 30.6 Å². The zero-order chi connectivity index (χ0) is 22.1. The number of fused-ring (bicyclic) bond motifs is 1. The summed E-state index contributed by atoms with van der Waals surface area (Å²) in [7, 11) is 0. The van der Waals surface area contributed by atoms with Crippen molar-refractivity contribution in [1.29, 1.82) is 0 Å². The highest BCUT2D eigenvalue weighted by Crippen LogP contribution is 2.26. The fourth-order valence-corrected chi connectivity index (χ4v) is 4.00. The first-order valence-corrected chi connectivity index (χ1v) is 10.5. The van der Waals surface area contributed by atoms with Gasteiger partial charge in [0.25, 0.3) is 0 Å². The van der Waals surface area contributed by atoms with Gasteiger partial charge in [-0.15, -0.1) is 0 Å². The number of hydrogen-bond acceptors (Lipinski definition) is 3. The molecular weight excluding hydrogens is 419 g/mol. The predicted molar refractivity (Wildman–Crippen MR) is 118 cm³/mol. The molecule has 4 rings (SSSR count). The van der Waals surface area contributed by atoms with Gasteiger partial charge in [0.05, 0.1) is 34.7 Å². The maximum Gasteiger partial charge on any atom is 0.307 e. The Morgan fingerprint density at radius 2 is 1.94 bits per heavy atom. The summed E-state index contributed by atoms with van der Waals surface area (Å²) in [5, 5.41) is 14.0. The lowest BCUT2D eigenvalue weighted by Crippen LogP contribution is -2.08. The highest BCUT2D eigenvalue weighted by atomic mass is 35.5. The Kier molecular flexibility index (Phi) is 5.78. The summed E-state index contributed by atoms with van der Waals surface area (Å²) in [5.41, 5.74) is 5.71. The van der Waals surface area contributed by atoms with Gasteiger partial charge in [0.2, 0.25) is 0 Å². The topological polar surface area (TPSA) is 83.8 Å². The zero-order valence-electron chi connectivity index (χ0n) is 17.2. The first-order valence-electron chi connectivity index (χ1n) is 10.1. The van der Waals surface area contributed by atoms with Crippen LogP contribution in [0.1, 0.15) is 36.4 Å². The Morgan fingerprint density at radius 3 is 2.58 bits per heavy atom. The lowest BCUT2D eigenvalue weighted by Gasteiger charge is -2.08. The van der Waals surface area contributed by atoms with Crippen LogP contribution >= 0.6 is 11.6 Å². The molecule has 0 atom stereocenters. The van der Waals surface area contributed by atoms with Crippen LogP contribution in [0.2, 0.25) is 5.02 Å². The third-order valence-corrected chi connectivity index (χ3v) is 5.62. The number of imidazole rings is 1. The number of aromatic nitrogens is 4. The minimum Gasteiger partial charge on any atom is -0.481 e. The number of aryl methyl sites for hydroxylation is 1. The Labute approximate surface area is 183 Å². The van der Waals surface area contributed by atoms with Crippen molar-refractivity contribution < 1.29 is 14.3 Å². The number of H-pyrrole nitrogens is 1. The van der Waals surface area contributed by atoms with Gasteiger partial charge in [0, 0.05) is 22.9 Å². The average molecular weight is 441 g/mol. The number of halogens is 2. The quantitative estimate of drug-likeness (QED) is 0.422. The van der Waals surface area contributed by atoms with Crippen molar-refractivity contribution in [3.63, 3.8) is 0 Å². The Bertz CT molecular complexity index is 1220. The second kappa shape index (κ2) is 8.51. The molecule has 2 aromatic carbocycles. The lowest BCUT2D eigenvalue weighted by molar-refractivity contribution is -0.136. The van der Waals surface area contributed by atoms with Crippen molar-refractivity contribution >= 4 is 28.6 Å². The minimum atomic E-state index is -0.847. The number of aromatic amines is 1. The van der Waals surface area contributed by atoms with E-state index in [0.717, 1.165) is 28.1 Å². The molecule has 0 unspecified atom stereocenters. The van der Waals surface area contributed by atoms with Gasteiger partial charge >= 0.3 is 5.97 Å². The maximum absolute atomic E-state index is 13.7. The van der Waals surface area contributed by atoms with Crippen LogP contribution in [0.5, 0.6) is 0 Å². The van der Waals surface area contributed by atoms with Crippen LogP contribution in [-0.4, -0.2) is 30.8 Å². The third kappa shape index (κ3) is 4.18. The number of benzene rings is 2. The Morgan fingerprint density at radius 1 is 1.19 bits per heavy atom. The number of nitrogens with one attached hydrogen (secondary N) is 1. The van der Waals surface area contributed by atoms with Crippen LogP contribution < -0.4 is 0 Å². The SMILES string of the molecule is CCc1nn(Cc2ccc(-c3nc4cc(Cl)c(F)cc4[nH]3)cc2)c(CC)c1CC(=O)O. The number of aliphatic carboxylic acids is 1. The van der Waals surface area contributed by atoms with Crippen molar-refractivity contribution in [3.8, 4) is 11.4 Å². The maximum atomic E-state index is 13.7. The molecule has 0 radical (unpaired) electrons. The van der Waals surface area contributed by atoms with E-state index in [9.17, 15) is 14.3 Å². The van der Waals surface area contributed by atoms with Gasteiger partial charge in [0.1, 0.15) is 11.6 Å². The minimum absolute atomic E-state index is 0.0120. The van der Waals surface area contributed by atoms with Crippen molar-refractivity contribution in [1.82, 2.24) is 19.7 Å². The number of carboxylic acid groups (broad SMARTS) is 1. The van der Waals surface area contributed by atoms with E-state index >= 15 is 0 Å². The van der Waals surface area contributed by atoms with Crippen LogP contribution in [0, 0.1) is 5.82 Å². The largest absolute Gasteiger partial charge is 0.481 e. The monoisotopic (exact) mass is 440 g/mol. The van der Waals surface area contributed by atoms with E-state index in [1.54, 1.807) is 0 Å². The third-order valence-electron chi connectivity index (χ3n) is 5.33. The van der Waals surface area contributed by atoms with Gasteiger partial charge in [-0.25, -0.2) is 9.37 Å². The molecule has 0 aliphatic carbocycles. The molecule has 0 amide bonds. The van der Waals surface area contributed by atoms with Crippen molar-refractivity contribution in [2.75, 3.05) is 0 Å². The van der Waals surface area contributed by atoms with Crippen LogP contribution in [0.3, 0.4) is 0 Å². The predicted octanol–water partition coefficient (Wildman–Crippen LogP) is 5.02. The lowest BCUT2D eigenvalue weighted by atomic mass is 10.1. The molecule has 6 nitrogen and oxygen atoms in total. The van der Waals surface area contributed by atoms with Gasteiger partial charge in [-0.05, 0) is 24.5 Å². The number of carbonyl (C=O) groups is 1. The fourth-order valence-electron chi connectivity index (χ4n) is 3.84. The van der Waals surface area contributed by atoms with Gasteiger partial charge in [-0.2, -0.15) is 5.10 Å². The first kappa shape index (κ1) is 21.1. The Hall–Kier alpha value is -3.19. The number of carboxylic acids is 1. The molecule has 0 spiro atoms. The molecular formula is C23H22ClFN4O2. The van der Waals surface area contributed by atoms with Crippen molar-refractivity contribution in [3.05, 3.63) is 69.8 Å². The molecule has 2 N–H and O–H groups in total. The summed E-state index contributed by atoms with van der Waals surface area (Å²) in [6.07, 6.45) is 1.39. The van der Waals surface area contributed by atoms with Gasteiger partial charge in [-0.3, -0.25) is 9.48 Å². The summed E-state index contributed by atoms with van der Waals surface area (Å²) in [6, 6.07) is 10.7. The number of hydrogen-bond donors (Lipinski definition) is 2. The van der Waals surface area contributed by atoms with E-state index in [0.29, 0.717) is 36.2 Å². The summed E-state index contributed by atoms with van der Waals surface area (Å²) in [6.45, 7) is 4.55. The van der Waals surface area contributed by atoms with E-state index < -0.39 is 11.8 Å². The summed E-state index contributed by atoms with van der Waals surface area (Å²) >= 11 is 5.85.